The molecule has 0 aliphatic carbocycles. The molecule has 0 radical (unpaired) electrons. The third-order valence-corrected chi connectivity index (χ3v) is 17.7. The molecule has 0 N–H and O–H groups in total. The van der Waals surface area contributed by atoms with E-state index in [9.17, 15) is 13.2 Å². The molecule has 0 atom stereocenters. The van der Waals surface area contributed by atoms with Gasteiger partial charge in [0.05, 0.1) is 5.56 Å². The molecule has 0 bridgehead atoms. The summed E-state index contributed by atoms with van der Waals surface area (Å²) < 4.78 is 39.3. The molecule has 0 aliphatic rings. The van der Waals surface area contributed by atoms with E-state index >= 15 is 0 Å². The first kappa shape index (κ1) is 58.7. The van der Waals surface area contributed by atoms with Gasteiger partial charge in [-0.15, -0.1) is 0 Å². The van der Waals surface area contributed by atoms with E-state index in [0.717, 1.165) is 55.9 Å². The lowest BCUT2D eigenvalue weighted by atomic mass is 9.83. The van der Waals surface area contributed by atoms with Crippen LogP contribution >= 0.6 is 0 Å². The normalized spacial score (nSPS) is 11.7. The molecule has 0 saturated carbocycles. The third-order valence-electron chi connectivity index (χ3n) is 17.7. The SMILES string of the molecule is Cc1ccc(-c2c3ccccc3c(-c3ccc(C(C)(C)C)cc3)c3ccccc23)cc1.Cc1ccc(-c2c3ccccc3c(-c3ccc(C(F)(F)F)cc3)c3ccccc23)cc1.Cc1ccc(-c2c3ccccc3c(-c3ccc(C)cc3)c3ccccc23)cc1. The minimum atomic E-state index is -4.35. The molecule has 0 unspecified atom stereocenters. The molecule has 0 spiro atoms. The topological polar surface area (TPSA) is 0 Å². The monoisotopic (exact) mass is 1170 g/mol. The van der Waals surface area contributed by atoms with Crippen molar-refractivity contribution in [1.29, 1.82) is 0 Å². The summed E-state index contributed by atoms with van der Waals surface area (Å²) in [5, 5.41) is 14.7. The van der Waals surface area contributed by atoms with E-state index < -0.39 is 11.7 Å². The fourth-order valence-corrected chi connectivity index (χ4v) is 13.1. The van der Waals surface area contributed by atoms with Crippen molar-refractivity contribution in [2.24, 2.45) is 0 Å². The first-order valence-electron chi connectivity index (χ1n) is 31.0. The fourth-order valence-electron chi connectivity index (χ4n) is 13.1. The van der Waals surface area contributed by atoms with E-state index in [1.165, 1.54) is 115 Å². The first-order valence-corrected chi connectivity index (χ1v) is 31.0. The van der Waals surface area contributed by atoms with Crippen LogP contribution in [0.2, 0.25) is 0 Å². The quantitative estimate of drug-likeness (QED) is 0.146. The van der Waals surface area contributed by atoms with Crippen LogP contribution in [0.15, 0.2) is 291 Å². The number of hydrogen-bond donors (Lipinski definition) is 0. The lowest BCUT2D eigenvalue weighted by Gasteiger charge is -2.21. The Hall–Kier alpha value is -10.4. The molecule has 0 aromatic heterocycles. The van der Waals surface area contributed by atoms with Crippen molar-refractivity contribution in [2.45, 2.75) is 60.1 Å². The Morgan fingerprint density at radius 2 is 0.333 bits per heavy atom. The number of alkyl halides is 3. The highest BCUT2D eigenvalue weighted by Crippen LogP contribution is 2.48. The second kappa shape index (κ2) is 24.3. The first-order chi connectivity index (χ1) is 43.6. The van der Waals surface area contributed by atoms with Crippen LogP contribution in [0.3, 0.4) is 0 Å². The maximum absolute atomic E-state index is 13.1. The van der Waals surface area contributed by atoms with Crippen LogP contribution < -0.4 is 0 Å². The summed E-state index contributed by atoms with van der Waals surface area (Å²) in [5.74, 6) is 0. The molecule has 0 nitrogen and oxygen atoms in total. The Morgan fingerprint density at radius 1 is 0.189 bits per heavy atom. The van der Waals surface area contributed by atoms with Crippen LogP contribution in [0.5, 0.6) is 0 Å². The van der Waals surface area contributed by atoms with Crippen molar-refractivity contribution in [3.05, 3.63) is 325 Å². The van der Waals surface area contributed by atoms with E-state index in [-0.39, 0.29) is 5.41 Å². The molecular weight excluding hydrogens is 1100 g/mol. The molecule has 90 heavy (non-hydrogen) atoms. The molecule has 15 aromatic rings. The third kappa shape index (κ3) is 11.4. The van der Waals surface area contributed by atoms with Gasteiger partial charge in [-0.1, -0.05) is 322 Å². The molecular formula is C87H69F3. The highest BCUT2D eigenvalue weighted by molar-refractivity contribution is 6.24. The van der Waals surface area contributed by atoms with Gasteiger partial charge < -0.3 is 0 Å². The predicted molar refractivity (Wildman–Crippen MR) is 380 cm³/mol. The van der Waals surface area contributed by atoms with Crippen LogP contribution in [0.1, 0.15) is 54.2 Å². The molecule has 0 amide bonds. The van der Waals surface area contributed by atoms with Gasteiger partial charge in [-0.3, -0.25) is 0 Å². The number of halogens is 3. The zero-order chi connectivity index (χ0) is 62.3. The minimum absolute atomic E-state index is 0.151. The van der Waals surface area contributed by atoms with Crippen LogP contribution in [0, 0.1) is 27.7 Å². The average molecular weight is 1170 g/mol. The number of rotatable bonds is 6. The van der Waals surface area contributed by atoms with Gasteiger partial charge in [0.15, 0.2) is 0 Å². The van der Waals surface area contributed by atoms with Gasteiger partial charge in [-0.05, 0) is 182 Å². The van der Waals surface area contributed by atoms with Gasteiger partial charge in [0.2, 0.25) is 0 Å². The largest absolute Gasteiger partial charge is 0.416 e. The highest BCUT2D eigenvalue weighted by atomic mass is 19.4. The van der Waals surface area contributed by atoms with Crippen molar-refractivity contribution in [1.82, 2.24) is 0 Å². The van der Waals surface area contributed by atoms with Crippen LogP contribution in [0.4, 0.5) is 13.2 Å². The lowest BCUT2D eigenvalue weighted by Crippen LogP contribution is -2.10. The maximum Gasteiger partial charge on any atom is 0.416 e. The predicted octanol–water partition coefficient (Wildman–Crippen LogP) is 25.5. The van der Waals surface area contributed by atoms with E-state index in [1.807, 2.05) is 36.4 Å². The Balaban J connectivity index is 0.000000124. The summed E-state index contributed by atoms with van der Waals surface area (Å²) in [6.45, 7) is 15.3. The summed E-state index contributed by atoms with van der Waals surface area (Å²) in [6.07, 6.45) is -4.35. The summed E-state index contributed by atoms with van der Waals surface area (Å²) in [4.78, 5) is 0. The molecule has 15 aromatic carbocycles. The molecule has 438 valence electrons. The molecule has 15 rings (SSSR count). The summed E-state index contributed by atoms with van der Waals surface area (Å²) in [6, 6.07) is 101. The summed E-state index contributed by atoms with van der Waals surface area (Å²) in [7, 11) is 0. The number of benzene rings is 15. The lowest BCUT2D eigenvalue weighted by molar-refractivity contribution is -0.137. The highest BCUT2D eigenvalue weighted by Gasteiger charge is 2.30. The Bertz CT molecular complexity index is 4610. The second-order valence-corrected chi connectivity index (χ2v) is 24.9. The van der Waals surface area contributed by atoms with Crippen molar-refractivity contribution < 1.29 is 13.2 Å². The van der Waals surface area contributed by atoms with Gasteiger partial charge in [-0.2, -0.15) is 13.2 Å². The van der Waals surface area contributed by atoms with E-state index in [1.54, 1.807) is 12.1 Å². The molecule has 0 heterocycles. The summed E-state index contributed by atoms with van der Waals surface area (Å²) >= 11 is 0. The zero-order valence-corrected chi connectivity index (χ0v) is 51.8. The molecule has 0 saturated heterocycles. The zero-order valence-electron chi connectivity index (χ0n) is 51.8. The van der Waals surface area contributed by atoms with Crippen molar-refractivity contribution in [3.63, 3.8) is 0 Å². The van der Waals surface area contributed by atoms with Gasteiger partial charge in [-0.25, -0.2) is 0 Å². The Labute approximate surface area is 526 Å². The van der Waals surface area contributed by atoms with Crippen molar-refractivity contribution >= 4 is 64.6 Å². The number of hydrogen-bond acceptors (Lipinski definition) is 0. The van der Waals surface area contributed by atoms with Gasteiger partial charge >= 0.3 is 6.18 Å². The minimum Gasteiger partial charge on any atom is -0.166 e. The van der Waals surface area contributed by atoms with E-state index in [2.05, 4.69) is 279 Å². The Kier molecular flexibility index (Phi) is 15.8. The van der Waals surface area contributed by atoms with Gasteiger partial charge in [0, 0.05) is 0 Å². The van der Waals surface area contributed by atoms with Crippen molar-refractivity contribution in [3.8, 4) is 66.8 Å². The standard InChI is InChI=1S/C31H28.C28H19F3.C28H22/c1-21-13-15-22(16-14-21)29-25-9-5-7-11-27(25)30(28-12-8-6-10-26(28)29)23-17-19-24(20-18-23)31(2,3)4;1-18-10-12-19(13-11-18)26-22-6-2-4-8-24(22)27(25-9-5-3-7-23(25)26)20-14-16-21(17-15-20)28(29,30)31;1-19-11-15-21(16-12-19)27-23-7-3-5-9-25(23)28(22-17-13-20(2)14-18-22)26-10-6-4-8-24(26)27/h5-20H,1-4H3;2-17H,1H3;3-18H,1-2H3. The molecule has 0 aliphatic heterocycles. The fraction of sp³-hybridized carbons (Fsp3) is 0.103. The Morgan fingerprint density at radius 3 is 0.478 bits per heavy atom. The van der Waals surface area contributed by atoms with E-state index in [0.29, 0.717) is 0 Å². The smallest absolute Gasteiger partial charge is 0.166 e. The second-order valence-electron chi connectivity index (χ2n) is 24.9. The van der Waals surface area contributed by atoms with Crippen LogP contribution in [-0.2, 0) is 11.6 Å². The number of fused-ring (bicyclic) bond motifs is 6. The van der Waals surface area contributed by atoms with Gasteiger partial charge in [0.25, 0.3) is 0 Å². The van der Waals surface area contributed by atoms with Crippen LogP contribution in [-0.4, -0.2) is 0 Å². The van der Waals surface area contributed by atoms with Crippen LogP contribution in [0.25, 0.3) is 131 Å². The summed E-state index contributed by atoms with van der Waals surface area (Å²) in [5.41, 5.74) is 20.3. The maximum atomic E-state index is 13.1. The molecule has 0 fully saturated rings. The number of aryl methyl sites for hydroxylation is 4. The van der Waals surface area contributed by atoms with E-state index in [4.69, 9.17) is 0 Å². The average Bonchev–Trinajstić information content (AvgIpc) is 0.810. The van der Waals surface area contributed by atoms with Crippen molar-refractivity contribution in [2.75, 3.05) is 0 Å². The molecule has 3 heteroatoms. The van der Waals surface area contributed by atoms with Gasteiger partial charge in [0.1, 0.15) is 0 Å².